The summed E-state index contributed by atoms with van der Waals surface area (Å²) in [5, 5.41) is 0. The van der Waals surface area contributed by atoms with Gasteiger partial charge in [0, 0.05) is 13.2 Å². The molecule has 162 valence electrons. The first-order chi connectivity index (χ1) is 12.7. The molecule has 0 amide bonds. The highest BCUT2D eigenvalue weighted by Crippen LogP contribution is 2.42. The minimum absolute atomic E-state index is 0.186. The van der Waals surface area contributed by atoms with E-state index in [1.54, 1.807) is 0 Å². The molecule has 0 radical (unpaired) electrons. The predicted molar refractivity (Wildman–Crippen MR) is 122 cm³/mol. The first kappa shape index (κ1) is 25.2. The van der Waals surface area contributed by atoms with E-state index in [1.807, 2.05) is 0 Å². The standard InChI is InChI=1S/C26H46O2/c1-11-16-27-25(9,19-23(3,4)5)21-14-13-15-22(18-21)26(10,28-17-12-2)20-24(6,7)8/h13-15,18H,11-12,16-17,19-20H2,1-10H3. The summed E-state index contributed by atoms with van der Waals surface area (Å²) >= 11 is 0. The molecule has 0 aliphatic rings. The summed E-state index contributed by atoms with van der Waals surface area (Å²) in [4.78, 5) is 0. The smallest absolute Gasteiger partial charge is 0.0908 e. The minimum atomic E-state index is -0.294. The van der Waals surface area contributed by atoms with Crippen LogP contribution in [0.15, 0.2) is 24.3 Å². The van der Waals surface area contributed by atoms with Gasteiger partial charge >= 0.3 is 0 Å². The Bertz CT molecular complexity index is 544. The van der Waals surface area contributed by atoms with Gasteiger partial charge in [0.25, 0.3) is 0 Å². The van der Waals surface area contributed by atoms with Gasteiger partial charge in [-0.1, -0.05) is 79.7 Å². The summed E-state index contributed by atoms with van der Waals surface area (Å²) in [5.74, 6) is 0. The van der Waals surface area contributed by atoms with Gasteiger partial charge in [-0.05, 0) is 61.5 Å². The van der Waals surface area contributed by atoms with Gasteiger partial charge in [0.2, 0.25) is 0 Å². The normalized spacial score (nSPS) is 17.2. The summed E-state index contributed by atoms with van der Waals surface area (Å²) in [6, 6.07) is 8.96. The summed E-state index contributed by atoms with van der Waals surface area (Å²) in [6.07, 6.45) is 4.02. The van der Waals surface area contributed by atoms with E-state index in [4.69, 9.17) is 9.47 Å². The lowest BCUT2D eigenvalue weighted by molar-refractivity contribution is -0.0667. The molecule has 2 atom stereocenters. The molecule has 0 aliphatic heterocycles. The zero-order valence-corrected chi connectivity index (χ0v) is 20.4. The van der Waals surface area contributed by atoms with Gasteiger partial charge in [0.05, 0.1) is 11.2 Å². The molecule has 2 unspecified atom stereocenters. The van der Waals surface area contributed by atoms with Gasteiger partial charge in [-0.3, -0.25) is 0 Å². The topological polar surface area (TPSA) is 18.5 Å². The van der Waals surface area contributed by atoms with Crippen LogP contribution in [0.2, 0.25) is 0 Å². The van der Waals surface area contributed by atoms with E-state index < -0.39 is 0 Å². The lowest BCUT2D eigenvalue weighted by Gasteiger charge is -2.39. The van der Waals surface area contributed by atoms with Crippen molar-refractivity contribution in [1.29, 1.82) is 0 Å². The monoisotopic (exact) mass is 390 g/mol. The molecule has 0 aliphatic carbocycles. The largest absolute Gasteiger partial charge is 0.371 e. The number of ether oxygens (including phenoxy) is 2. The Hall–Kier alpha value is -0.860. The summed E-state index contributed by atoms with van der Waals surface area (Å²) in [5.41, 5.74) is 2.30. The molecule has 0 saturated heterocycles. The molecule has 0 spiro atoms. The van der Waals surface area contributed by atoms with Gasteiger partial charge in [0.1, 0.15) is 0 Å². The average Bonchev–Trinajstić information content (AvgIpc) is 2.55. The fraction of sp³-hybridized carbons (Fsp3) is 0.769. The number of hydrogen-bond donors (Lipinski definition) is 0. The van der Waals surface area contributed by atoms with Crippen molar-refractivity contribution in [3.8, 4) is 0 Å². The molecule has 28 heavy (non-hydrogen) atoms. The maximum atomic E-state index is 6.45. The number of benzene rings is 1. The van der Waals surface area contributed by atoms with Crippen LogP contribution >= 0.6 is 0 Å². The first-order valence-electron chi connectivity index (χ1n) is 11.1. The summed E-state index contributed by atoms with van der Waals surface area (Å²) in [6.45, 7) is 24.2. The maximum Gasteiger partial charge on any atom is 0.0908 e. The van der Waals surface area contributed by atoms with Crippen LogP contribution in [0.1, 0.15) is 106 Å². The van der Waals surface area contributed by atoms with Crippen molar-refractivity contribution >= 4 is 0 Å². The van der Waals surface area contributed by atoms with Crippen molar-refractivity contribution in [3.63, 3.8) is 0 Å². The molecular formula is C26H46O2. The van der Waals surface area contributed by atoms with E-state index in [-0.39, 0.29) is 22.0 Å². The van der Waals surface area contributed by atoms with Crippen LogP contribution in [0.25, 0.3) is 0 Å². The zero-order valence-electron chi connectivity index (χ0n) is 20.4. The van der Waals surface area contributed by atoms with Gasteiger partial charge in [0.15, 0.2) is 0 Å². The van der Waals surface area contributed by atoms with Crippen LogP contribution in [-0.2, 0) is 20.7 Å². The van der Waals surface area contributed by atoms with Crippen LogP contribution in [-0.4, -0.2) is 13.2 Å². The Kier molecular flexibility index (Phi) is 8.78. The molecule has 0 N–H and O–H groups in total. The predicted octanol–water partition coefficient (Wildman–Crippen LogP) is 7.84. The number of hydrogen-bond acceptors (Lipinski definition) is 2. The molecule has 1 rings (SSSR count). The highest BCUT2D eigenvalue weighted by Gasteiger charge is 2.36. The van der Waals surface area contributed by atoms with Crippen molar-refractivity contribution in [2.45, 2.75) is 106 Å². The Labute approximate surface area is 175 Å². The van der Waals surface area contributed by atoms with E-state index in [9.17, 15) is 0 Å². The van der Waals surface area contributed by atoms with Crippen LogP contribution in [0.4, 0.5) is 0 Å². The van der Waals surface area contributed by atoms with Crippen LogP contribution in [0.5, 0.6) is 0 Å². The highest BCUT2D eigenvalue weighted by atomic mass is 16.5. The molecule has 2 heteroatoms. The lowest BCUT2D eigenvalue weighted by Crippen LogP contribution is -2.34. The van der Waals surface area contributed by atoms with Crippen molar-refractivity contribution in [2.24, 2.45) is 10.8 Å². The molecule has 0 aromatic heterocycles. The molecule has 0 heterocycles. The van der Waals surface area contributed by atoms with Gasteiger partial charge in [-0.2, -0.15) is 0 Å². The molecule has 1 aromatic rings. The quantitative estimate of drug-likeness (QED) is 0.405. The van der Waals surface area contributed by atoms with Crippen molar-refractivity contribution < 1.29 is 9.47 Å². The molecule has 1 aromatic carbocycles. The second-order valence-electron chi connectivity index (χ2n) is 11.2. The molecular weight excluding hydrogens is 344 g/mol. The third kappa shape index (κ3) is 7.87. The Balaban J connectivity index is 3.37. The second-order valence-corrected chi connectivity index (χ2v) is 11.2. The Morgan fingerprint density at radius 3 is 1.29 bits per heavy atom. The van der Waals surface area contributed by atoms with E-state index >= 15 is 0 Å². The summed E-state index contributed by atoms with van der Waals surface area (Å²) < 4.78 is 12.9. The number of rotatable bonds is 10. The van der Waals surface area contributed by atoms with Gasteiger partial charge < -0.3 is 9.47 Å². The molecule has 0 fully saturated rings. The van der Waals surface area contributed by atoms with Gasteiger partial charge in [-0.15, -0.1) is 0 Å². The van der Waals surface area contributed by atoms with Crippen molar-refractivity contribution in [3.05, 3.63) is 35.4 Å². The second kappa shape index (κ2) is 9.76. The van der Waals surface area contributed by atoms with Gasteiger partial charge in [-0.25, -0.2) is 0 Å². The summed E-state index contributed by atoms with van der Waals surface area (Å²) in [7, 11) is 0. The molecule has 2 nitrogen and oxygen atoms in total. The van der Waals surface area contributed by atoms with E-state index in [2.05, 4.69) is 93.5 Å². The SMILES string of the molecule is CCCOC(C)(CC(C)(C)C)c1cccc(C(C)(CC(C)(C)C)OCCC)c1. The van der Waals surface area contributed by atoms with Crippen LogP contribution < -0.4 is 0 Å². The third-order valence-corrected chi connectivity index (χ3v) is 5.07. The van der Waals surface area contributed by atoms with Crippen LogP contribution in [0, 0.1) is 10.8 Å². The van der Waals surface area contributed by atoms with E-state index in [0.717, 1.165) is 38.9 Å². The Morgan fingerprint density at radius 2 is 1.00 bits per heavy atom. The van der Waals surface area contributed by atoms with E-state index in [0.29, 0.717) is 0 Å². The third-order valence-electron chi connectivity index (χ3n) is 5.07. The molecule has 0 bridgehead atoms. The van der Waals surface area contributed by atoms with Crippen molar-refractivity contribution in [2.75, 3.05) is 13.2 Å². The Morgan fingerprint density at radius 1 is 0.643 bits per heavy atom. The maximum absolute atomic E-state index is 6.45. The molecule has 0 saturated carbocycles. The highest BCUT2D eigenvalue weighted by molar-refractivity contribution is 5.32. The first-order valence-corrected chi connectivity index (χ1v) is 11.1. The fourth-order valence-corrected chi connectivity index (χ4v) is 4.33. The van der Waals surface area contributed by atoms with E-state index in [1.165, 1.54) is 11.1 Å². The van der Waals surface area contributed by atoms with Crippen molar-refractivity contribution in [1.82, 2.24) is 0 Å². The minimum Gasteiger partial charge on any atom is -0.371 e. The van der Waals surface area contributed by atoms with Crippen LogP contribution in [0.3, 0.4) is 0 Å². The average molecular weight is 391 g/mol. The fourth-order valence-electron chi connectivity index (χ4n) is 4.33. The zero-order chi connectivity index (χ0) is 21.6. The lowest BCUT2D eigenvalue weighted by atomic mass is 9.76.